The fourth-order valence-electron chi connectivity index (χ4n) is 2.82. The van der Waals surface area contributed by atoms with Gasteiger partial charge in [-0.3, -0.25) is 0 Å². The van der Waals surface area contributed by atoms with Crippen LogP contribution in [0.5, 0.6) is 0 Å². The lowest BCUT2D eigenvalue weighted by Gasteiger charge is -2.26. The molecule has 1 N–H and O–H groups in total. The van der Waals surface area contributed by atoms with Crippen molar-refractivity contribution in [2.45, 2.75) is 50.9 Å². The molecule has 2 saturated heterocycles. The van der Waals surface area contributed by atoms with Crippen molar-refractivity contribution < 1.29 is 4.74 Å². The minimum atomic E-state index is 0.576. The van der Waals surface area contributed by atoms with E-state index in [1.54, 1.807) is 0 Å². The van der Waals surface area contributed by atoms with Gasteiger partial charge in [-0.1, -0.05) is 6.92 Å². The van der Waals surface area contributed by atoms with Crippen LogP contribution in [0.4, 0.5) is 0 Å². The fourth-order valence-corrected chi connectivity index (χ4v) is 2.82. The number of rotatable bonds is 3. The van der Waals surface area contributed by atoms with E-state index >= 15 is 0 Å². The van der Waals surface area contributed by atoms with E-state index < -0.39 is 0 Å². The molecule has 4 atom stereocenters. The van der Waals surface area contributed by atoms with Gasteiger partial charge in [0, 0.05) is 12.0 Å². The Morgan fingerprint density at radius 3 is 2.75 bits per heavy atom. The highest BCUT2D eigenvalue weighted by molar-refractivity contribution is 4.94. The van der Waals surface area contributed by atoms with Crippen LogP contribution in [0, 0.1) is 5.92 Å². The average molecular weight is 169 g/mol. The topological polar surface area (TPSA) is 21.3 Å². The molecule has 2 heteroatoms. The molecule has 2 bridgehead atoms. The Bertz CT molecular complexity index is 156. The van der Waals surface area contributed by atoms with Crippen LogP contribution >= 0.6 is 0 Å². The summed E-state index contributed by atoms with van der Waals surface area (Å²) in [6, 6.07) is 0.681. The van der Waals surface area contributed by atoms with Crippen LogP contribution in [0.1, 0.15) is 32.6 Å². The van der Waals surface area contributed by atoms with Gasteiger partial charge >= 0.3 is 0 Å². The zero-order valence-corrected chi connectivity index (χ0v) is 8.05. The zero-order chi connectivity index (χ0) is 8.55. The third kappa shape index (κ3) is 1.27. The maximum absolute atomic E-state index is 5.83. The molecule has 0 radical (unpaired) electrons. The van der Waals surface area contributed by atoms with Gasteiger partial charge in [-0.05, 0) is 32.7 Å². The smallest absolute Gasteiger partial charge is 0.0623 e. The molecule has 0 aromatic carbocycles. The molecule has 12 heavy (non-hydrogen) atoms. The molecule has 2 aliphatic heterocycles. The molecule has 0 aromatic heterocycles. The first-order chi connectivity index (χ1) is 5.85. The molecule has 2 fully saturated rings. The van der Waals surface area contributed by atoms with Crippen molar-refractivity contribution in [3.8, 4) is 0 Å². The van der Waals surface area contributed by atoms with E-state index in [0.717, 1.165) is 5.92 Å². The second-order valence-electron chi connectivity index (χ2n) is 4.08. The van der Waals surface area contributed by atoms with Crippen molar-refractivity contribution in [3.05, 3.63) is 0 Å². The molecule has 70 valence electrons. The predicted octanol–water partition coefficient (Wildman–Crippen LogP) is 1.55. The van der Waals surface area contributed by atoms with E-state index in [0.29, 0.717) is 18.2 Å². The van der Waals surface area contributed by atoms with Gasteiger partial charge in [0.05, 0.1) is 12.2 Å². The lowest BCUT2D eigenvalue weighted by Crippen LogP contribution is -2.38. The summed E-state index contributed by atoms with van der Waals surface area (Å²) in [6.45, 7) is 2.26. The second kappa shape index (κ2) is 3.35. The highest BCUT2D eigenvalue weighted by Crippen LogP contribution is 2.40. The van der Waals surface area contributed by atoms with Gasteiger partial charge in [0.2, 0.25) is 0 Å². The summed E-state index contributed by atoms with van der Waals surface area (Å²) in [5, 5.41) is 3.40. The van der Waals surface area contributed by atoms with Crippen molar-refractivity contribution >= 4 is 0 Å². The minimum Gasteiger partial charge on any atom is -0.375 e. The van der Waals surface area contributed by atoms with Crippen LogP contribution in [0.2, 0.25) is 0 Å². The molecule has 2 nitrogen and oxygen atoms in total. The highest BCUT2D eigenvalue weighted by Gasteiger charge is 2.43. The van der Waals surface area contributed by atoms with Crippen molar-refractivity contribution in [1.82, 2.24) is 5.32 Å². The highest BCUT2D eigenvalue weighted by atomic mass is 16.5. The van der Waals surface area contributed by atoms with Gasteiger partial charge in [0.1, 0.15) is 0 Å². The van der Waals surface area contributed by atoms with Crippen LogP contribution in [-0.2, 0) is 4.74 Å². The molecule has 2 rings (SSSR count). The van der Waals surface area contributed by atoms with Crippen LogP contribution in [0.25, 0.3) is 0 Å². The monoisotopic (exact) mass is 169 g/mol. The molecule has 2 aliphatic rings. The van der Waals surface area contributed by atoms with Gasteiger partial charge in [-0.25, -0.2) is 0 Å². The fraction of sp³-hybridized carbons (Fsp3) is 1.00. The summed E-state index contributed by atoms with van der Waals surface area (Å²) < 4.78 is 5.83. The van der Waals surface area contributed by atoms with Crippen LogP contribution < -0.4 is 5.32 Å². The average Bonchev–Trinajstić information content (AvgIpc) is 2.67. The maximum atomic E-state index is 5.83. The summed E-state index contributed by atoms with van der Waals surface area (Å²) in [7, 11) is 2.07. The van der Waals surface area contributed by atoms with Crippen LogP contribution in [-0.4, -0.2) is 25.3 Å². The Hall–Kier alpha value is -0.0800. The summed E-state index contributed by atoms with van der Waals surface area (Å²) in [4.78, 5) is 0. The Kier molecular flexibility index (Phi) is 2.37. The van der Waals surface area contributed by atoms with E-state index in [2.05, 4.69) is 19.3 Å². The van der Waals surface area contributed by atoms with Crippen LogP contribution in [0.15, 0.2) is 0 Å². The quantitative estimate of drug-likeness (QED) is 0.692. The molecule has 0 amide bonds. The van der Waals surface area contributed by atoms with E-state index in [-0.39, 0.29) is 0 Å². The van der Waals surface area contributed by atoms with Crippen molar-refractivity contribution in [1.29, 1.82) is 0 Å². The number of ether oxygens (including phenoxy) is 1. The number of nitrogens with one attached hydrogen (secondary N) is 1. The largest absolute Gasteiger partial charge is 0.375 e. The van der Waals surface area contributed by atoms with Gasteiger partial charge < -0.3 is 10.1 Å². The first-order valence-electron chi connectivity index (χ1n) is 5.18. The lowest BCUT2D eigenvalue weighted by molar-refractivity contribution is 0.0860. The standard InChI is InChI=1S/C10H19NO/c1-3-9(11-2)8-6-7-4-5-10(8)12-7/h7-11H,3-6H2,1-2H3. The van der Waals surface area contributed by atoms with Crippen molar-refractivity contribution in [2.24, 2.45) is 5.92 Å². The van der Waals surface area contributed by atoms with Crippen LogP contribution in [0.3, 0.4) is 0 Å². The normalized spacial score (nSPS) is 42.0. The molecule has 0 saturated carbocycles. The van der Waals surface area contributed by atoms with Crippen molar-refractivity contribution in [3.63, 3.8) is 0 Å². The van der Waals surface area contributed by atoms with E-state index in [1.807, 2.05) is 0 Å². The summed E-state index contributed by atoms with van der Waals surface area (Å²) in [6.07, 6.45) is 6.31. The SMILES string of the molecule is CCC(NC)C1CC2CCC1O2. The molecule has 2 heterocycles. The predicted molar refractivity (Wildman–Crippen MR) is 49.1 cm³/mol. The van der Waals surface area contributed by atoms with Gasteiger partial charge in [-0.2, -0.15) is 0 Å². The Labute approximate surface area is 74.7 Å². The van der Waals surface area contributed by atoms with Gasteiger partial charge in [0.15, 0.2) is 0 Å². The molecular weight excluding hydrogens is 150 g/mol. The minimum absolute atomic E-state index is 0.576. The molecule has 0 aliphatic carbocycles. The van der Waals surface area contributed by atoms with Crippen molar-refractivity contribution in [2.75, 3.05) is 7.05 Å². The summed E-state index contributed by atoms with van der Waals surface area (Å²) in [5.74, 6) is 0.791. The molecule has 0 aromatic rings. The molecule has 4 unspecified atom stereocenters. The number of hydrogen-bond acceptors (Lipinski definition) is 2. The summed E-state index contributed by atoms with van der Waals surface area (Å²) in [5.41, 5.74) is 0. The van der Waals surface area contributed by atoms with E-state index in [9.17, 15) is 0 Å². The van der Waals surface area contributed by atoms with E-state index in [4.69, 9.17) is 4.74 Å². The number of hydrogen-bond donors (Lipinski definition) is 1. The first-order valence-corrected chi connectivity index (χ1v) is 5.18. The summed E-state index contributed by atoms with van der Waals surface area (Å²) >= 11 is 0. The van der Waals surface area contributed by atoms with Gasteiger partial charge in [-0.15, -0.1) is 0 Å². The van der Waals surface area contributed by atoms with Gasteiger partial charge in [0.25, 0.3) is 0 Å². The zero-order valence-electron chi connectivity index (χ0n) is 8.05. The third-order valence-electron chi connectivity index (χ3n) is 3.48. The number of fused-ring (bicyclic) bond motifs is 2. The lowest BCUT2D eigenvalue weighted by atomic mass is 9.83. The molecule has 0 spiro atoms. The Balaban J connectivity index is 1.96. The molecular formula is C10H19NO. The third-order valence-corrected chi connectivity index (χ3v) is 3.48. The second-order valence-corrected chi connectivity index (χ2v) is 4.08. The first kappa shape index (κ1) is 8.52. The van der Waals surface area contributed by atoms with E-state index in [1.165, 1.54) is 25.7 Å². The maximum Gasteiger partial charge on any atom is 0.0623 e. The Morgan fingerprint density at radius 2 is 2.33 bits per heavy atom. The Morgan fingerprint density at radius 1 is 1.50 bits per heavy atom.